The minimum atomic E-state index is 0.812. The molecule has 158 valence electrons. The number of thiophene rings is 1. The first-order valence-corrected chi connectivity index (χ1v) is 12.2. The number of hydrogen-bond donors (Lipinski definition) is 1. The van der Waals surface area contributed by atoms with Crippen molar-refractivity contribution in [1.82, 2.24) is 4.90 Å². The third-order valence-electron chi connectivity index (χ3n) is 6.34. The Labute approximate surface area is 183 Å². The highest BCUT2D eigenvalue weighted by atomic mass is 32.1. The van der Waals surface area contributed by atoms with Crippen LogP contribution in [0.5, 0.6) is 5.75 Å². The van der Waals surface area contributed by atoms with E-state index in [-0.39, 0.29) is 0 Å². The number of aryl methyl sites for hydroxylation is 1. The van der Waals surface area contributed by atoms with Crippen LogP contribution < -0.4 is 15.0 Å². The van der Waals surface area contributed by atoms with Gasteiger partial charge in [-0.2, -0.15) is 0 Å². The highest BCUT2D eigenvalue weighted by molar-refractivity contribution is 7.17. The lowest BCUT2D eigenvalue weighted by Gasteiger charge is -2.36. The van der Waals surface area contributed by atoms with Crippen molar-refractivity contribution in [1.29, 1.82) is 0 Å². The molecule has 1 saturated heterocycles. The number of nitrogens with one attached hydrogen (secondary N) is 1. The fraction of sp³-hybridized carbons (Fsp3) is 0.440. The van der Waals surface area contributed by atoms with Gasteiger partial charge in [0.05, 0.1) is 6.61 Å². The Balaban J connectivity index is 1.03. The van der Waals surface area contributed by atoms with E-state index in [1.54, 1.807) is 0 Å². The second-order valence-electron chi connectivity index (χ2n) is 8.34. The Hall–Kier alpha value is -2.24. The minimum absolute atomic E-state index is 0.812. The van der Waals surface area contributed by atoms with Crippen LogP contribution in [0.1, 0.15) is 24.8 Å². The number of benzene rings is 2. The Morgan fingerprint density at radius 3 is 2.87 bits per heavy atom. The maximum Gasteiger partial charge on any atom is 0.119 e. The third-order valence-corrected chi connectivity index (χ3v) is 7.22. The standard InChI is InChI=1S/C25H31N3OS/c1(2-17-29-21-8-9-23-20(19-21)5-4-11-26-23)12-27-13-15-28(16-14-27)24-6-3-7-25-22(24)10-18-30-25/h3,6-10,18-19,26H,1-2,4-5,11-17H2. The van der Waals surface area contributed by atoms with Crippen LogP contribution in [0.25, 0.3) is 10.1 Å². The molecule has 30 heavy (non-hydrogen) atoms. The normalized spacial score (nSPS) is 17.0. The molecule has 0 radical (unpaired) electrons. The molecule has 3 heterocycles. The van der Waals surface area contributed by atoms with Gasteiger partial charge in [-0.25, -0.2) is 0 Å². The van der Waals surface area contributed by atoms with E-state index in [2.05, 4.69) is 63.0 Å². The summed E-state index contributed by atoms with van der Waals surface area (Å²) in [5, 5.41) is 7.07. The largest absolute Gasteiger partial charge is 0.494 e. The van der Waals surface area contributed by atoms with Crippen LogP contribution in [0.4, 0.5) is 11.4 Å². The van der Waals surface area contributed by atoms with Crippen molar-refractivity contribution in [3.05, 3.63) is 53.4 Å². The molecule has 3 aromatic rings. The van der Waals surface area contributed by atoms with E-state index in [0.29, 0.717) is 0 Å². The number of unbranched alkanes of at least 4 members (excludes halogenated alkanes) is 1. The molecule has 1 aromatic heterocycles. The Bertz CT molecular complexity index is 977. The lowest BCUT2D eigenvalue weighted by molar-refractivity contribution is 0.238. The molecule has 5 heteroatoms. The van der Waals surface area contributed by atoms with Crippen molar-refractivity contribution in [2.24, 2.45) is 0 Å². The molecular weight excluding hydrogens is 390 g/mol. The second-order valence-corrected chi connectivity index (χ2v) is 9.29. The summed E-state index contributed by atoms with van der Waals surface area (Å²) in [6.07, 6.45) is 4.69. The quantitative estimate of drug-likeness (QED) is 0.528. The SMILES string of the molecule is c1cc(N2CCN(CCCCOc3ccc4c(c3)CCCN4)CC2)c2ccsc2c1. The zero-order valence-corrected chi connectivity index (χ0v) is 18.4. The molecule has 0 amide bonds. The van der Waals surface area contributed by atoms with Gasteiger partial charge in [-0.3, -0.25) is 4.90 Å². The highest BCUT2D eigenvalue weighted by Crippen LogP contribution is 2.31. The average molecular weight is 422 g/mol. The zero-order chi connectivity index (χ0) is 20.2. The van der Waals surface area contributed by atoms with Crippen molar-refractivity contribution in [3.63, 3.8) is 0 Å². The first-order valence-electron chi connectivity index (χ1n) is 11.3. The smallest absolute Gasteiger partial charge is 0.119 e. The van der Waals surface area contributed by atoms with E-state index in [0.717, 1.165) is 57.9 Å². The molecule has 0 unspecified atom stereocenters. The molecular formula is C25H31N3OS. The van der Waals surface area contributed by atoms with Gasteiger partial charge < -0.3 is 15.0 Å². The molecule has 2 aliphatic rings. The molecule has 2 aliphatic heterocycles. The fourth-order valence-electron chi connectivity index (χ4n) is 4.63. The Kier molecular flexibility index (Phi) is 6.09. The van der Waals surface area contributed by atoms with Crippen molar-refractivity contribution in [2.45, 2.75) is 25.7 Å². The molecule has 0 spiro atoms. The van der Waals surface area contributed by atoms with Crippen LogP contribution in [-0.4, -0.2) is 50.8 Å². The van der Waals surface area contributed by atoms with Crippen molar-refractivity contribution < 1.29 is 4.74 Å². The van der Waals surface area contributed by atoms with Gasteiger partial charge in [-0.05, 0) is 79.6 Å². The van der Waals surface area contributed by atoms with Crippen LogP contribution in [0.2, 0.25) is 0 Å². The lowest BCUT2D eigenvalue weighted by atomic mass is 10.0. The van der Waals surface area contributed by atoms with Crippen LogP contribution in [0, 0.1) is 0 Å². The maximum atomic E-state index is 6.02. The molecule has 0 atom stereocenters. The second kappa shape index (κ2) is 9.27. The monoisotopic (exact) mass is 421 g/mol. The van der Waals surface area contributed by atoms with E-state index in [9.17, 15) is 0 Å². The average Bonchev–Trinajstić information content (AvgIpc) is 3.28. The van der Waals surface area contributed by atoms with Gasteiger partial charge in [0.2, 0.25) is 0 Å². The Morgan fingerprint density at radius 1 is 1.00 bits per heavy atom. The van der Waals surface area contributed by atoms with E-state index in [4.69, 9.17) is 4.74 Å². The van der Waals surface area contributed by atoms with E-state index in [1.165, 1.54) is 46.4 Å². The summed E-state index contributed by atoms with van der Waals surface area (Å²) >= 11 is 1.83. The highest BCUT2D eigenvalue weighted by Gasteiger charge is 2.18. The number of ether oxygens (including phenoxy) is 1. The van der Waals surface area contributed by atoms with Gasteiger partial charge >= 0.3 is 0 Å². The summed E-state index contributed by atoms with van der Waals surface area (Å²) in [7, 11) is 0. The van der Waals surface area contributed by atoms with Gasteiger partial charge in [-0.15, -0.1) is 11.3 Å². The summed E-state index contributed by atoms with van der Waals surface area (Å²) in [6, 6.07) is 15.4. The summed E-state index contributed by atoms with van der Waals surface area (Å²) < 4.78 is 7.41. The topological polar surface area (TPSA) is 27.7 Å². The maximum absolute atomic E-state index is 6.02. The van der Waals surface area contributed by atoms with Gasteiger partial charge in [0.15, 0.2) is 0 Å². The van der Waals surface area contributed by atoms with Gasteiger partial charge in [0.1, 0.15) is 5.75 Å². The van der Waals surface area contributed by atoms with E-state index < -0.39 is 0 Å². The number of fused-ring (bicyclic) bond motifs is 2. The molecule has 0 saturated carbocycles. The first-order chi connectivity index (χ1) is 14.9. The molecule has 5 rings (SSSR count). The molecule has 0 bridgehead atoms. The summed E-state index contributed by atoms with van der Waals surface area (Å²) in [4.78, 5) is 5.16. The number of rotatable bonds is 7. The summed E-state index contributed by atoms with van der Waals surface area (Å²) in [5.74, 6) is 1.02. The van der Waals surface area contributed by atoms with Crippen LogP contribution in [0.3, 0.4) is 0 Å². The predicted molar refractivity (Wildman–Crippen MR) is 128 cm³/mol. The number of anilines is 2. The molecule has 2 aromatic carbocycles. The first kappa shape index (κ1) is 19.7. The molecule has 1 fully saturated rings. The number of piperazine rings is 1. The Morgan fingerprint density at radius 2 is 1.93 bits per heavy atom. The molecule has 4 nitrogen and oxygen atoms in total. The van der Waals surface area contributed by atoms with Gasteiger partial charge in [-0.1, -0.05) is 6.07 Å². The van der Waals surface area contributed by atoms with Gasteiger partial charge in [0.25, 0.3) is 0 Å². The van der Waals surface area contributed by atoms with Crippen molar-refractivity contribution >= 4 is 32.8 Å². The fourth-order valence-corrected chi connectivity index (χ4v) is 5.44. The van der Waals surface area contributed by atoms with Crippen molar-refractivity contribution in [2.75, 3.05) is 56.1 Å². The number of hydrogen-bond acceptors (Lipinski definition) is 5. The molecule has 1 N–H and O–H groups in total. The van der Waals surface area contributed by atoms with E-state index in [1.807, 2.05) is 11.3 Å². The van der Waals surface area contributed by atoms with E-state index >= 15 is 0 Å². The van der Waals surface area contributed by atoms with Crippen molar-refractivity contribution in [3.8, 4) is 5.75 Å². The predicted octanol–water partition coefficient (Wildman–Crippen LogP) is 5.24. The third kappa shape index (κ3) is 4.42. The summed E-state index contributed by atoms with van der Waals surface area (Å²) in [5.41, 5.74) is 4.08. The summed E-state index contributed by atoms with van der Waals surface area (Å²) in [6.45, 7) is 7.62. The zero-order valence-electron chi connectivity index (χ0n) is 17.6. The van der Waals surface area contributed by atoms with Gasteiger partial charge in [0, 0.05) is 54.2 Å². The number of nitrogens with zero attached hydrogens (tertiary/aromatic N) is 2. The van der Waals surface area contributed by atoms with Crippen LogP contribution in [0.15, 0.2) is 47.8 Å². The van der Waals surface area contributed by atoms with Crippen LogP contribution in [-0.2, 0) is 6.42 Å². The minimum Gasteiger partial charge on any atom is -0.494 e. The van der Waals surface area contributed by atoms with Crippen LogP contribution >= 0.6 is 11.3 Å². The molecule has 0 aliphatic carbocycles. The lowest BCUT2D eigenvalue weighted by Crippen LogP contribution is -2.46.